The molecule has 0 radical (unpaired) electrons. The largest absolute Gasteiger partial charge is 0.469 e. The summed E-state index contributed by atoms with van der Waals surface area (Å²) in [4.78, 5) is 13.1. The summed E-state index contributed by atoms with van der Waals surface area (Å²) in [7, 11) is 3.32. The molecule has 0 bridgehead atoms. The summed E-state index contributed by atoms with van der Waals surface area (Å²) in [5.74, 6) is 0.567. The Labute approximate surface area is 124 Å². The van der Waals surface area contributed by atoms with Crippen molar-refractivity contribution in [1.29, 1.82) is 0 Å². The Morgan fingerprint density at radius 1 is 1.33 bits per heavy atom. The second kappa shape index (κ2) is 7.04. The number of methoxy groups -OCH3 is 1. The van der Waals surface area contributed by atoms with Gasteiger partial charge in [0.2, 0.25) is 0 Å². The summed E-state index contributed by atoms with van der Waals surface area (Å²) < 4.78 is 9.97. The second-order valence-corrected chi connectivity index (χ2v) is 5.11. The van der Waals surface area contributed by atoms with E-state index in [-0.39, 0.29) is 5.97 Å². The van der Waals surface area contributed by atoms with Crippen molar-refractivity contribution >= 4 is 5.97 Å². The Balaban J connectivity index is 1.93. The topological polar surface area (TPSA) is 55.6 Å². The van der Waals surface area contributed by atoms with Gasteiger partial charge in [0, 0.05) is 18.2 Å². The SMILES string of the molecule is COC(=O)CCN(C)Cc1cc(-c2ccc(C)cc2)no1. The van der Waals surface area contributed by atoms with Gasteiger partial charge in [-0.1, -0.05) is 35.0 Å². The van der Waals surface area contributed by atoms with Gasteiger partial charge in [0.25, 0.3) is 0 Å². The van der Waals surface area contributed by atoms with E-state index in [0.29, 0.717) is 19.5 Å². The molecule has 0 unspecified atom stereocenters. The molecule has 2 aromatic rings. The number of ether oxygens (including phenoxy) is 1. The van der Waals surface area contributed by atoms with Crippen LogP contribution in [0, 0.1) is 6.92 Å². The summed E-state index contributed by atoms with van der Waals surface area (Å²) >= 11 is 0. The van der Waals surface area contributed by atoms with Gasteiger partial charge in [-0.2, -0.15) is 0 Å². The van der Waals surface area contributed by atoms with Crippen LogP contribution in [0.3, 0.4) is 0 Å². The van der Waals surface area contributed by atoms with Crippen molar-refractivity contribution in [3.8, 4) is 11.3 Å². The molecule has 0 atom stereocenters. The number of carbonyl (C=O) groups is 1. The fraction of sp³-hybridized carbons (Fsp3) is 0.375. The normalized spacial score (nSPS) is 10.9. The van der Waals surface area contributed by atoms with Crippen molar-refractivity contribution in [3.05, 3.63) is 41.7 Å². The molecule has 112 valence electrons. The maximum Gasteiger partial charge on any atom is 0.306 e. The van der Waals surface area contributed by atoms with Crippen LogP contribution in [0.1, 0.15) is 17.7 Å². The first-order chi connectivity index (χ1) is 10.1. The van der Waals surface area contributed by atoms with Crippen molar-refractivity contribution < 1.29 is 14.1 Å². The highest BCUT2D eigenvalue weighted by molar-refractivity contribution is 5.69. The molecule has 21 heavy (non-hydrogen) atoms. The monoisotopic (exact) mass is 288 g/mol. The fourth-order valence-corrected chi connectivity index (χ4v) is 1.98. The van der Waals surface area contributed by atoms with E-state index < -0.39 is 0 Å². The van der Waals surface area contributed by atoms with Crippen LogP contribution in [0.15, 0.2) is 34.9 Å². The van der Waals surface area contributed by atoms with Crippen molar-refractivity contribution in [2.45, 2.75) is 19.9 Å². The molecule has 1 aromatic heterocycles. The lowest BCUT2D eigenvalue weighted by Gasteiger charge is -2.13. The summed E-state index contributed by atoms with van der Waals surface area (Å²) in [5, 5.41) is 4.09. The molecule has 1 heterocycles. The predicted molar refractivity (Wildman–Crippen MR) is 79.6 cm³/mol. The zero-order valence-corrected chi connectivity index (χ0v) is 12.6. The molecule has 0 saturated heterocycles. The molecule has 0 aliphatic heterocycles. The molecule has 5 heteroatoms. The van der Waals surface area contributed by atoms with Crippen LogP contribution in [0.25, 0.3) is 11.3 Å². The van der Waals surface area contributed by atoms with Gasteiger partial charge in [-0.25, -0.2) is 0 Å². The Kier molecular flexibility index (Phi) is 5.11. The molecule has 5 nitrogen and oxygen atoms in total. The molecule has 0 N–H and O–H groups in total. The fourth-order valence-electron chi connectivity index (χ4n) is 1.98. The molecule has 1 aromatic carbocycles. The number of aryl methyl sites for hydroxylation is 1. The highest BCUT2D eigenvalue weighted by Crippen LogP contribution is 2.20. The number of benzene rings is 1. The lowest BCUT2D eigenvalue weighted by Crippen LogP contribution is -2.21. The highest BCUT2D eigenvalue weighted by Gasteiger charge is 2.10. The molecular formula is C16H20N2O3. The van der Waals surface area contributed by atoms with Gasteiger partial charge in [0.15, 0.2) is 5.76 Å². The van der Waals surface area contributed by atoms with Crippen molar-refractivity contribution in [2.75, 3.05) is 20.7 Å². The number of nitrogens with zero attached hydrogens (tertiary/aromatic N) is 2. The quantitative estimate of drug-likeness (QED) is 0.765. The van der Waals surface area contributed by atoms with Crippen molar-refractivity contribution in [3.63, 3.8) is 0 Å². The Bertz CT molecular complexity index is 590. The van der Waals surface area contributed by atoms with E-state index >= 15 is 0 Å². The number of esters is 1. The van der Waals surface area contributed by atoms with E-state index in [1.165, 1.54) is 12.7 Å². The third kappa shape index (κ3) is 4.43. The highest BCUT2D eigenvalue weighted by atomic mass is 16.5. The van der Waals surface area contributed by atoms with Gasteiger partial charge < -0.3 is 9.26 Å². The molecule has 0 saturated carbocycles. The molecule has 0 amide bonds. The molecule has 0 fully saturated rings. The van der Waals surface area contributed by atoms with Crippen LogP contribution in [-0.4, -0.2) is 36.7 Å². The average Bonchev–Trinajstić information content (AvgIpc) is 2.94. The third-order valence-electron chi connectivity index (χ3n) is 3.26. The summed E-state index contributed by atoms with van der Waals surface area (Å²) in [5.41, 5.74) is 3.07. The molecule has 0 spiro atoms. The van der Waals surface area contributed by atoms with E-state index in [2.05, 4.69) is 9.89 Å². The smallest absolute Gasteiger partial charge is 0.306 e. The number of rotatable bonds is 6. The van der Waals surface area contributed by atoms with Gasteiger partial charge in [-0.3, -0.25) is 9.69 Å². The number of carbonyl (C=O) groups excluding carboxylic acids is 1. The van der Waals surface area contributed by atoms with Gasteiger partial charge in [-0.05, 0) is 14.0 Å². The van der Waals surface area contributed by atoms with Gasteiger partial charge in [0.05, 0.1) is 20.1 Å². The Morgan fingerprint density at radius 2 is 2.05 bits per heavy atom. The zero-order valence-electron chi connectivity index (χ0n) is 12.6. The molecule has 0 aliphatic carbocycles. The Hall–Kier alpha value is -2.14. The molecule has 0 aliphatic rings. The minimum absolute atomic E-state index is 0.209. The van der Waals surface area contributed by atoms with Gasteiger partial charge >= 0.3 is 5.97 Å². The van der Waals surface area contributed by atoms with E-state index in [1.54, 1.807) is 0 Å². The summed E-state index contributed by atoms with van der Waals surface area (Å²) in [6.45, 7) is 3.28. The van der Waals surface area contributed by atoms with Crippen LogP contribution in [0.5, 0.6) is 0 Å². The number of aromatic nitrogens is 1. The maximum atomic E-state index is 11.1. The molecular weight excluding hydrogens is 268 g/mol. The first-order valence-corrected chi connectivity index (χ1v) is 6.86. The van der Waals surface area contributed by atoms with E-state index in [0.717, 1.165) is 17.0 Å². The third-order valence-corrected chi connectivity index (χ3v) is 3.26. The maximum absolute atomic E-state index is 11.1. The second-order valence-electron chi connectivity index (χ2n) is 5.11. The van der Waals surface area contributed by atoms with Crippen LogP contribution in [-0.2, 0) is 16.1 Å². The lowest BCUT2D eigenvalue weighted by molar-refractivity contribution is -0.140. The van der Waals surface area contributed by atoms with Crippen molar-refractivity contribution in [2.24, 2.45) is 0 Å². The molecule has 2 rings (SSSR count). The first-order valence-electron chi connectivity index (χ1n) is 6.86. The zero-order chi connectivity index (χ0) is 15.2. The van der Waals surface area contributed by atoms with Crippen molar-refractivity contribution in [1.82, 2.24) is 10.1 Å². The lowest BCUT2D eigenvalue weighted by atomic mass is 10.1. The minimum atomic E-state index is -0.209. The number of hydrogen-bond donors (Lipinski definition) is 0. The van der Waals surface area contributed by atoms with E-state index in [4.69, 9.17) is 4.52 Å². The standard InChI is InChI=1S/C16H20N2O3/c1-12-4-6-13(7-5-12)15-10-14(21-17-15)11-18(2)9-8-16(19)20-3/h4-7,10H,8-9,11H2,1-3H3. The van der Waals surface area contributed by atoms with E-state index in [1.807, 2.05) is 49.2 Å². The van der Waals surface area contributed by atoms with Crippen LogP contribution in [0.2, 0.25) is 0 Å². The van der Waals surface area contributed by atoms with E-state index in [9.17, 15) is 4.79 Å². The van der Waals surface area contributed by atoms with Gasteiger partial charge in [0.1, 0.15) is 5.69 Å². The Morgan fingerprint density at radius 3 is 2.71 bits per heavy atom. The van der Waals surface area contributed by atoms with Crippen LogP contribution in [0.4, 0.5) is 0 Å². The summed E-state index contributed by atoms with van der Waals surface area (Å²) in [6.07, 6.45) is 0.367. The van der Waals surface area contributed by atoms with Crippen LogP contribution < -0.4 is 0 Å². The minimum Gasteiger partial charge on any atom is -0.469 e. The van der Waals surface area contributed by atoms with Crippen LogP contribution >= 0.6 is 0 Å². The predicted octanol–water partition coefficient (Wildman–Crippen LogP) is 2.64. The number of hydrogen-bond acceptors (Lipinski definition) is 5. The summed E-state index contributed by atoms with van der Waals surface area (Å²) in [6, 6.07) is 10.1. The average molecular weight is 288 g/mol. The first kappa shape index (κ1) is 15.3. The van der Waals surface area contributed by atoms with Gasteiger partial charge in [-0.15, -0.1) is 0 Å².